The molecule has 2 aromatic heterocycles. The SMILES string of the molecule is Cc1cc2c(cc1-c1n(C)cc[n+]1C)oc1cc3ccccc3cc12. The third kappa shape index (κ3) is 2.02. The third-order valence-corrected chi connectivity index (χ3v) is 5.11. The standard InChI is InChI=1S/C22H19N2O/c1-14-10-18-19-11-15-6-4-5-7-16(15)12-20(19)25-21(18)13-17(14)22-23(2)8-9-24(22)3/h4-13H,1-3H3/q+1. The van der Waals surface area contributed by atoms with E-state index in [1.807, 2.05) is 0 Å². The molecule has 0 bridgehead atoms. The number of rotatable bonds is 1. The van der Waals surface area contributed by atoms with Gasteiger partial charge in [0.1, 0.15) is 23.6 Å². The molecule has 0 saturated heterocycles. The third-order valence-electron chi connectivity index (χ3n) is 5.11. The van der Waals surface area contributed by atoms with Crippen LogP contribution < -0.4 is 4.57 Å². The Bertz CT molecular complexity index is 1250. The van der Waals surface area contributed by atoms with E-state index in [4.69, 9.17) is 4.42 Å². The first-order valence-corrected chi connectivity index (χ1v) is 8.49. The summed E-state index contributed by atoms with van der Waals surface area (Å²) in [5.74, 6) is 1.17. The Morgan fingerprint density at radius 2 is 1.60 bits per heavy atom. The summed E-state index contributed by atoms with van der Waals surface area (Å²) >= 11 is 0. The lowest BCUT2D eigenvalue weighted by atomic mass is 10.0. The summed E-state index contributed by atoms with van der Waals surface area (Å²) in [5, 5.41) is 4.81. The van der Waals surface area contributed by atoms with Gasteiger partial charge < -0.3 is 4.42 Å². The van der Waals surface area contributed by atoms with E-state index < -0.39 is 0 Å². The highest BCUT2D eigenvalue weighted by molar-refractivity contribution is 6.10. The number of imidazole rings is 1. The highest BCUT2D eigenvalue weighted by Gasteiger charge is 2.19. The van der Waals surface area contributed by atoms with Crippen LogP contribution in [0.4, 0.5) is 0 Å². The van der Waals surface area contributed by atoms with Crippen molar-refractivity contribution in [3.8, 4) is 11.4 Å². The van der Waals surface area contributed by atoms with E-state index >= 15 is 0 Å². The zero-order valence-corrected chi connectivity index (χ0v) is 14.6. The van der Waals surface area contributed by atoms with E-state index in [0.717, 1.165) is 11.2 Å². The van der Waals surface area contributed by atoms with E-state index in [2.05, 4.69) is 91.1 Å². The van der Waals surface area contributed by atoms with E-state index in [1.165, 1.54) is 38.5 Å². The van der Waals surface area contributed by atoms with Crippen LogP contribution in [0.1, 0.15) is 5.56 Å². The summed E-state index contributed by atoms with van der Waals surface area (Å²) in [5.41, 5.74) is 4.33. The summed E-state index contributed by atoms with van der Waals surface area (Å²) in [7, 11) is 4.15. The highest BCUT2D eigenvalue weighted by atomic mass is 16.3. The second-order valence-corrected chi connectivity index (χ2v) is 6.80. The molecule has 0 atom stereocenters. The van der Waals surface area contributed by atoms with Crippen molar-refractivity contribution in [1.82, 2.24) is 4.57 Å². The van der Waals surface area contributed by atoms with Gasteiger partial charge in [-0.05, 0) is 47.5 Å². The summed E-state index contributed by atoms with van der Waals surface area (Å²) in [4.78, 5) is 0. The van der Waals surface area contributed by atoms with Crippen molar-refractivity contribution in [2.24, 2.45) is 14.1 Å². The van der Waals surface area contributed by atoms with Gasteiger partial charge in [-0.1, -0.05) is 24.3 Å². The molecular weight excluding hydrogens is 308 g/mol. The number of nitrogens with zero attached hydrogens (tertiary/aromatic N) is 2. The molecule has 0 fully saturated rings. The molecule has 5 aromatic rings. The maximum absolute atomic E-state index is 6.22. The molecule has 25 heavy (non-hydrogen) atoms. The molecule has 0 saturated carbocycles. The highest BCUT2D eigenvalue weighted by Crippen LogP contribution is 2.35. The van der Waals surface area contributed by atoms with Crippen molar-refractivity contribution in [3.05, 3.63) is 66.5 Å². The average molecular weight is 327 g/mol. The number of benzene rings is 3. The Morgan fingerprint density at radius 3 is 2.32 bits per heavy atom. The van der Waals surface area contributed by atoms with Crippen molar-refractivity contribution in [3.63, 3.8) is 0 Å². The summed E-state index contributed by atoms with van der Waals surface area (Å²) in [6.45, 7) is 2.17. The molecule has 5 rings (SSSR count). The Kier molecular flexibility index (Phi) is 2.84. The van der Waals surface area contributed by atoms with Crippen LogP contribution in [0.5, 0.6) is 0 Å². The molecule has 0 amide bonds. The zero-order valence-electron chi connectivity index (χ0n) is 14.6. The second kappa shape index (κ2) is 4.96. The molecule has 0 aliphatic carbocycles. The van der Waals surface area contributed by atoms with Gasteiger partial charge in [0, 0.05) is 10.8 Å². The fourth-order valence-electron chi connectivity index (χ4n) is 3.83. The minimum Gasteiger partial charge on any atom is -0.456 e. The van der Waals surface area contributed by atoms with Crippen molar-refractivity contribution in [1.29, 1.82) is 0 Å². The summed E-state index contributed by atoms with van der Waals surface area (Å²) in [6.07, 6.45) is 4.15. The van der Waals surface area contributed by atoms with E-state index in [-0.39, 0.29) is 0 Å². The van der Waals surface area contributed by atoms with Gasteiger partial charge in [-0.2, -0.15) is 0 Å². The predicted octanol–water partition coefficient (Wildman–Crippen LogP) is 4.88. The first-order valence-electron chi connectivity index (χ1n) is 8.49. The molecule has 0 aliphatic rings. The fourth-order valence-corrected chi connectivity index (χ4v) is 3.83. The van der Waals surface area contributed by atoms with Crippen LogP contribution in [0.15, 0.2) is 65.3 Å². The lowest BCUT2D eigenvalue weighted by Crippen LogP contribution is -2.29. The molecule has 0 radical (unpaired) electrons. The van der Waals surface area contributed by atoms with E-state index in [0.29, 0.717) is 0 Å². The topological polar surface area (TPSA) is 21.9 Å². The number of aromatic nitrogens is 2. The van der Waals surface area contributed by atoms with Gasteiger partial charge in [0.25, 0.3) is 5.82 Å². The van der Waals surface area contributed by atoms with Gasteiger partial charge >= 0.3 is 0 Å². The van der Waals surface area contributed by atoms with Gasteiger partial charge in [0.2, 0.25) is 0 Å². The van der Waals surface area contributed by atoms with Crippen molar-refractivity contribution < 1.29 is 8.98 Å². The molecule has 2 heterocycles. The summed E-state index contributed by atoms with van der Waals surface area (Å²) < 4.78 is 10.5. The van der Waals surface area contributed by atoms with E-state index in [9.17, 15) is 0 Å². The average Bonchev–Trinajstić information content (AvgIpc) is 3.11. The van der Waals surface area contributed by atoms with E-state index in [1.54, 1.807) is 0 Å². The molecule has 0 aliphatic heterocycles. The minimum atomic E-state index is 0.937. The van der Waals surface area contributed by atoms with Crippen LogP contribution >= 0.6 is 0 Å². The Labute approximate surface area is 145 Å². The number of aryl methyl sites for hydroxylation is 3. The summed E-state index contributed by atoms with van der Waals surface area (Å²) in [6, 6.07) is 17.2. The molecular formula is C22H19N2O+. The second-order valence-electron chi connectivity index (χ2n) is 6.80. The van der Waals surface area contributed by atoms with Crippen LogP contribution in [0.25, 0.3) is 44.1 Å². The Morgan fingerprint density at radius 1 is 0.920 bits per heavy atom. The molecule has 0 N–H and O–H groups in total. The monoisotopic (exact) mass is 327 g/mol. The van der Waals surface area contributed by atoms with Crippen LogP contribution in [0.3, 0.4) is 0 Å². The van der Waals surface area contributed by atoms with Gasteiger partial charge in [0.15, 0.2) is 0 Å². The zero-order chi connectivity index (χ0) is 17.1. The maximum Gasteiger partial charge on any atom is 0.288 e. The number of hydrogen-bond donors (Lipinski definition) is 0. The number of fused-ring (bicyclic) bond motifs is 4. The Balaban J connectivity index is 1.86. The smallest absolute Gasteiger partial charge is 0.288 e. The minimum absolute atomic E-state index is 0.937. The number of hydrogen-bond acceptors (Lipinski definition) is 1. The van der Waals surface area contributed by atoms with Gasteiger partial charge in [0.05, 0.1) is 19.7 Å². The molecule has 3 aromatic carbocycles. The molecule has 0 unspecified atom stereocenters. The lowest BCUT2D eigenvalue weighted by Gasteiger charge is -2.04. The van der Waals surface area contributed by atoms with Crippen molar-refractivity contribution in [2.45, 2.75) is 6.92 Å². The lowest BCUT2D eigenvalue weighted by molar-refractivity contribution is -0.659. The quantitative estimate of drug-likeness (QED) is 0.402. The van der Waals surface area contributed by atoms with Gasteiger partial charge in [-0.25, -0.2) is 9.13 Å². The normalized spacial score (nSPS) is 11.8. The maximum atomic E-state index is 6.22. The fraction of sp³-hybridized carbons (Fsp3) is 0.136. The first-order chi connectivity index (χ1) is 12.1. The predicted molar refractivity (Wildman–Crippen MR) is 102 cm³/mol. The Hall–Kier alpha value is -3.07. The van der Waals surface area contributed by atoms with Crippen LogP contribution in [0, 0.1) is 6.92 Å². The molecule has 0 spiro atoms. The molecule has 3 heteroatoms. The van der Waals surface area contributed by atoms with Crippen molar-refractivity contribution in [2.75, 3.05) is 0 Å². The van der Waals surface area contributed by atoms with Crippen molar-refractivity contribution >= 4 is 32.7 Å². The first kappa shape index (κ1) is 14.3. The van der Waals surface area contributed by atoms with Crippen LogP contribution in [-0.2, 0) is 14.1 Å². The van der Waals surface area contributed by atoms with Gasteiger partial charge in [-0.15, -0.1) is 0 Å². The van der Waals surface area contributed by atoms with Gasteiger partial charge in [-0.3, -0.25) is 0 Å². The largest absolute Gasteiger partial charge is 0.456 e. The molecule has 122 valence electrons. The molecule has 3 nitrogen and oxygen atoms in total. The number of furan rings is 1. The van der Waals surface area contributed by atoms with Crippen LogP contribution in [-0.4, -0.2) is 4.57 Å². The van der Waals surface area contributed by atoms with Crippen LogP contribution in [0.2, 0.25) is 0 Å².